The van der Waals surface area contributed by atoms with Crippen LogP contribution in [0.15, 0.2) is 71.1 Å². The van der Waals surface area contributed by atoms with Crippen molar-refractivity contribution in [2.45, 2.75) is 19.0 Å². The number of amidine groups is 1. The summed E-state index contributed by atoms with van der Waals surface area (Å²) in [5.41, 5.74) is 2.64. The van der Waals surface area contributed by atoms with Gasteiger partial charge in [0.05, 0.1) is 5.70 Å². The van der Waals surface area contributed by atoms with Gasteiger partial charge in [0.25, 0.3) is 5.91 Å². The molecule has 4 rings (SSSR count). The maximum atomic E-state index is 13.3. The molecule has 0 saturated carbocycles. The van der Waals surface area contributed by atoms with Gasteiger partial charge in [0.2, 0.25) is 5.91 Å². The minimum Gasteiger partial charge on any atom is -0.342 e. The molecular weight excluding hydrogens is 346 g/mol. The number of nitrogens with one attached hydrogen (secondary N) is 1. The van der Waals surface area contributed by atoms with E-state index in [1.54, 1.807) is 4.90 Å². The Morgan fingerprint density at radius 3 is 2.38 bits per heavy atom. The predicted molar refractivity (Wildman–Crippen MR) is 103 cm³/mol. The van der Waals surface area contributed by atoms with Gasteiger partial charge in [0, 0.05) is 12.3 Å². The van der Waals surface area contributed by atoms with E-state index in [2.05, 4.69) is 5.32 Å². The van der Waals surface area contributed by atoms with Crippen molar-refractivity contribution in [1.82, 2.24) is 10.2 Å². The highest BCUT2D eigenvalue weighted by Crippen LogP contribution is 2.40. The van der Waals surface area contributed by atoms with E-state index in [0.29, 0.717) is 5.17 Å². The van der Waals surface area contributed by atoms with E-state index in [0.717, 1.165) is 16.8 Å². The Morgan fingerprint density at radius 2 is 1.73 bits per heavy atom. The number of hydrogen-bond acceptors (Lipinski definition) is 4. The lowest BCUT2D eigenvalue weighted by molar-refractivity contribution is -0.132. The van der Waals surface area contributed by atoms with Crippen LogP contribution >= 0.6 is 11.8 Å². The van der Waals surface area contributed by atoms with Crippen molar-refractivity contribution in [1.29, 1.82) is 0 Å². The van der Waals surface area contributed by atoms with Crippen molar-refractivity contribution in [2.75, 3.05) is 0 Å². The van der Waals surface area contributed by atoms with E-state index >= 15 is 0 Å². The average Bonchev–Trinajstić information content (AvgIpc) is 3.09. The second-order valence-corrected chi connectivity index (χ2v) is 6.94. The van der Waals surface area contributed by atoms with Gasteiger partial charge in [0.15, 0.2) is 5.17 Å². The van der Waals surface area contributed by atoms with E-state index in [4.69, 9.17) is 4.99 Å². The van der Waals surface area contributed by atoms with Gasteiger partial charge in [0.1, 0.15) is 12.1 Å². The minimum atomic E-state index is -0.732. The first-order valence-corrected chi connectivity index (χ1v) is 9.19. The van der Waals surface area contributed by atoms with Crippen LogP contribution in [0.3, 0.4) is 0 Å². The fourth-order valence-corrected chi connectivity index (χ4v) is 4.10. The van der Waals surface area contributed by atoms with Gasteiger partial charge < -0.3 is 5.32 Å². The van der Waals surface area contributed by atoms with Crippen LogP contribution in [-0.2, 0) is 9.59 Å². The molecule has 0 aliphatic carbocycles. The Bertz CT molecular complexity index is 909. The molecule has 2 heterocycles. The third-order valence-electron chi connectivity index (χ3n) is 4.33. The van der Waals surface area contributed by atoms with Crippen LogP contribution < -0.4 is 5.32 Å². The van der Waals surface area contributed by atoms with Gasteiger partial charge >= 0.3 is 0 Å². The van der Waals surface area contributed by atoms with Gasteiger partial charge in [-0.05, 0) is 11.1 Å². The topological polar surface area (TPSA) is 61.8 Å². The number of carbonyl (C=O) groups is 2. The van der Waals surface area contributed by atoms with Gasteiger partial charge in [-0.3, -0.25) is 19.5 Å². The van der Waals surface area contributed by atoms with E-state index in [-0.39, 0.29) is 11.8 Å². The molecular formula is C20H17N3O2S. The molecule has 0 fully saturated rings. The highest BCUT2D eigenvalue weighted by molar-refractivity contribution is 8.16. The van der Waals surface area contributed by atoms with Crippen LogP contribution in [0.1, 0.15) is 24.1 Å². The molecule has 2 atom stereocenters. The summed E-state index contributed by atoms with van der Waals surface area (Å²) in [6.07, 6.45) is 0. The molecule has 0 radical (unpaired) electrons. The first-order valence-electron chi connectivity index (χ1n) is 8.31. The molecule has 130 valence electrons. The summed E-state index contributed by atoms with van der Waals surface area (Å²) in [5, 5.41) is 5.37. The minimum absolute atomic E-state index is 0.167. The van der Waals surface area contributed by atoms with Crippen molar-refractivity contribution in [3.63, 3.8) is 0 Å². The number of benzene rings is 2. The normalized spacial score (nSPS) is 21.7. The molecule has 0 unspecified atom stereocenters. The number of fused-ring (bicyclic) bond motifs is 1. The number of aliphatic imine (C=N–C) groups is 1. The zero-order valence-corrected chi connectivity index (χ0v) is 14.9. The average molecular weight is 363 g/mol. The van der Waals surface area contributed by atoms with Gasteiger partial charge in [-0.2, -0.15) is 0 Å². The molecule has 1 N–H and O–H groups in total. The summed E-state index contributed by atoms with van der Waals surface area (Å²) in [4.78, 5) is 31.4. The summed E-state index contributed by atoms with van der Waals surface area (Å²) >= 11 is 1.43. The largest absolute Gasteiger partial charge is 0.342 e. The van der Waals surface area contributed by atoms with Crippen LogP contribution in [0.25, 0.3) is 5.70 Å². The summed E-state index contributed by atoms with van der Waals surface area (Å²) in [7, 11) is 0. The molecule has 26 heavy (non-hydrogen) atoms. The molecule has 6 heteroatoms. The van der Waals surface area contributed by atoms with Crippen molar-refractivity contribution >= 4 is 34.4 Å². The number of hydrogen-bond donors (Lipinski definition) is 1. The molecule has 5 nitrogen and oxygen atoms in total. The lowest BCUT2D eigenvalue weighted by atomic mass is 9.97. The van der Waals surface area contributed by atoms with E-state index in [1.807, 2.05) is 66.1 Å². The molecule has 0 saturated heterocycles. The lowest BCUT2D eigenvalue weighted by Crippen LogP contribution is -2.53. The maximum Gasteiger partial charge on any atom is 0.258 e. The Kier molecular flexibility index (Phi) is 4.34. The van der Waals surface area contributed by atoms with Gasteiger partial charge in [-0.15, -0.1) is 0 Å². The smallest absolute Gasteiger partial charge is 0.258 e. The Balaban J connectivity index is 1.76. The maximum absolute atomic E-state index is 13.3. The number of thioether (sulfide) groups is 1. The molecule has 0 spiro atoms. The Labute approximate surface area is 155 Å². The van der Waals surface area contributed by atoms with Crippen molar-refractivity contribution in [3.05, 3.63) is 77.2 Å². The Morgan fingerprint density at radius 1 is 1.08 bits per heavy atom. The second kappa shape index (κ2) is 6.80. The van der Waals surface area contributed by atoms with E-state index < -0.39 is 12.1 Å². The number of amides is 2. The monoisotopic (exact) mass is 363 g/mol. The van der Waals surface area contributed by atoms with Crippen molar-refractivity contribution in [2.24, 2.45) is 4.99 Å². The van der Waals surface area contributed by atoms with Crippen LogP contribution in [0.2, 0.25) is 0 Å². The highest BCUT2D eigenvalue weighted by atomic mass is 32.2. The quantitative estimate of drug-likeness (QED) is 0.911. The lowest BCUT2D eigenvalue weighted by Gasteiger charge is -2.34. The molecule has 0 bridgehead atoms. The zero-order chi connectivity index (χ0) is 18.1. The number of carbonyl (C=O) groups excluding carboxylic acids is 2. The summed E-state index contributed by atoms with van der Waals surface area (Å²) < 4.78 is 0. The number of rotatable bonds is 3. The van der Waals surface area contributed by atoms with Crippen LogP contribution in [0.5, 0.6) is 0 Å². The molecule has 2 aliphatic rings. The van der Waals surface area contributed by atoms with E-state index in [1.165, 1.54) is 18.7 Å². The van der Waals surface area contributed by atoms with Gasteiger partial charge in [-0.25, -0.2) is 0 Å². The number of nitrogens with zero attached hydrogens (tertiary/aromatic N) is 2. The second-order valence-electron chi connectivity index (χ2n) is 6.11. The molecule has 2 amide bonds. The van der Waals surface area contributed by atoms with E-state index in [9.17, 15) is 9.59 Å². The molecule has 2 aromatic carbocycles. The third kappa shape index (κ3) is 2.93. The first kappa shape index (κ1) is 16.6. The standard InChI is InChI=1S/C20H17N3O2S/c1-13(24)21-18-17(15-10-6-3-7-11-15)22-20-23(19(18)25)16(12-26-20)14-8-4-2-5-9-14/h2-12,17-18H,1H3,(H,21,24)/t17-,18+/m1/s1. The summed E-state index contributed by atoms with van der Waals surface area (Å²) in [6.45, 7) is 1.42. The molecule has 0 aromatic heterocycles. The fraction of sp³-hybridized carbons (Fsp3) is 0.150. The third-order valence-corrected chi connectivity index (χ3v) is 5.17. The van der Waals surface area contributed by atoms with Crippen LogP contribution in [-0.4, -0.2) is 27.9 Å². The molecule has 2 aromatic rings. The van der Waals surface area contributed by atoms with Gasteiger partial charge in [-0.1, -0.05) is 72.4 Å². The SMILES string of the molecule is CC(=O)N[C@@H]1C(=O)N2C(c3ccccc3)=CSC2=N[C@@H]1c1ccccc1. The zero-order valence-electron chi connectivity index (χ0n) is 14.1. The van der Waals surface area contributed by atoms with Crippen LogP contribution in [0.4, 0.5) is 0 Å². The fourth-order valence-electron chi connectivity index (χ4n) is 3.17. The van der Waals surface area contributed by atoms with Crippen molar-refractivity contribution in [3.8, 4) is 0 Å². The van der Waals surface area contributed by atoms with Crippen LogP contribution in [0, 0.1) is 0 Å². The first-order chi connectivity index (χ1) is 12.6. The molecule has 2 aliphatic heterocycles. The Hall–Kier alpha value is -2.86. The van der Waals surface area contributed by atoms with Crippen molar-refractivity contribution < 1.29 is 9.59 Å². The summed E-state index contributed by atoms with van der Waals surface area (Å²) in [6, 6.07) is 18.1. The summed E-state index contributed by atoms with van der Waals surface area (Å²) in [5.74, 6) is -0.417. The predicted octanol–water partition coefficient (Wildman–Crippen LogP) is 3.18. The highest BCUT2D eigenvalue weighted by Gasteiger charge is 2.43.